The average Bonchev–Trinajstić information content (AvgIpc) is 3.14. The number of anilines is 2. The molecule has 0 aliphatic rings. The Morgan fingerprint density at radius 3 is 2.58 bits per heavy atom. The summed E-state index contributed by atoms with van der Waals surface area (Å²) in [5.41, 5.74) is 3.40. The Bertz CT molecular complexity index is 1050. The first kappa shape index (κ1) is 15.9. The largest absolute Gasteiger partial charge is 0.497 e. The summed E-state index contributed by atoms with van der Waals surface area (Å²) in [5.74, 6) is 1.85. The van der Waals surface area contributed by atoms with E-state index in [9.17, 15) is 0 Å². The molecule has 130 valence electrons. The van der Waals surface area contributed by atoms with Crippen molar-refractivity contribution in [1.29, 1.82) is 0 Å². The van der Waals surface area contributed by atoms with Crippen LogP contribution in [0.4, 0.5) is 11.5 Å². The molecule has 0 atom stereocenters. The van der Waals surface area contributed by atoms with Gasteiger partial charge in [-0.1, -0.05) is 35.5 Å². The number of nitrogens with one attached hydrogen (secondary N) is 1. The van der Waals surface area contributed by atoms with Crippen molar-refractivity contribution in [3.8, 4) is 22.8 Å². The number of methoxy groups -OCH3 is 2. The molecule has 0 unspecified atom stereocenters. The third kappa shape index (κ3) is 2.79. The quantitative estimate of drug-likeness (QED) is 0.582. The average molecular weight is 348 g/mol. The predicted molar refractivity (Wildman–Crippen MR) is 97.9 cm³/mol. The number of hydrogen-bond acceptors (Lipinski definition) is 7. The molecule has 0 saturated carbocycles. The molecule has 2 heterocycles. The zero-order valence-electron chi connectivity index (χ0n) is 14.3. The van der Waals surface area contributed by atoms with Gasteiger partial charge in [0.25, 0.3) is 0 Å². The van der Waals surface area contributed by atoms with Crippen molar-refractivity contribution in [3.05, 3.63) is 54.9 Å². The second-order valence-electron chi connectivity index (χ2n) is 5.49. The van der Waals surface area contributed by atoms with Crippen LogP contribution in [0.1, 0.15) is 0 Å². The number of fused-ring (bicyclic) bond motifs is 1. The van der Waals surface area contributed by atoms with E-state index in [1.54, 1.807) is 14.2 Å². The highest BCUT2D eigenvalue weighted by Crippen LogP contribution is 2.34. The van der Waals surface area contributed by atoms with Crippen molar-refractivity contribution in [3.63, 3.8) is 0 Å². The maximum atomic E-state index is 5.53. The Morgan fingerprint density at radius 1 is 0.962 bits per heavy atom. The molecule has 0 fully saturated rings. The van der Waals surface area contributed by atoms with E-state index in [1.807, 2.05) is 48.5 Å². The fourth-order valence-corrected chi connectivity index (χ4v) is 2.68. The standard InChI is InChI=1S/C19H16N4O3/c1-24-13-8-9-15(25-2)14(10-13)22-19-18-17(20-11-21-19)16(23-26-18)12-6-4-3-5-7-12/h3-11H,1-2H3,(H,20,21,22). The number of nitrogens with zero attached hydrogens (tertiary/aromatic N) is 3. The molecule has 2 aromatic carbocycles. The van der Waals surface area contributed by atoms with Crippen LogP contribution in [-0.2, 0) is 0 Å². The van der Waals surface area contributed by atoms with E-state index in [4.69, 9.17) is 14.0 Å². The molecular weight excluding hydrogens is 332 g/mol. The van der Waals surface area contributed by atoms with E-state index in [-0.39, 0.29) is 0 Å². The summed E-state index contributed by atoms with van der Waals surface area (Å²) in [6.07, 6.45) is 1.47. The Morgan fingerprint density at radius 2 is 1.81 bits per heavy atom. The zero-order valence-corrected chi connectivity index (χ0v) is 14.3. The summed E-state index contributed by atoms with van der Waals surface area (Å²) in [6.45, 7) is 0. The monoisotopic (exact) mass is 348 g/mol. The molecule has 0 bridgehead atoms. The van der Waals surface area contributed by atoms with Gasteiger partial charge in [0.05, 0.1) is 19.9 Å². The molecule has 2 aromatic heterocycles. The van der Waals surface area contributed by atoms with Gasteiger partial charge in [0.1, 0.15) is 29.0 Å². The van der Waals surface area contributed by atoms with Crippen LogP contribution >= 0.6 is 0 Å². The van der Waals surface area contributed by atoms with Gasteiger partial charge >= 0.3 is 0 Å². The molecular formula is C19H16N4O3. The van der Waals surface area contributed by atoms with E-state index in [1.165, 1.54) is 6.33 Å². The van der Waals surface area contributed by atoms with Crippen molar-refractivity contribution in [2.45, 2.75) is 0 Å². The lowest BCUT2D eigenvalue weighted by Crippen LogP contribution is -1.98. The summed E-state index contributed by atoms with van der Waals surface area (Å²) >= 11 is 0. The summed E-state index contributed by atoms with van der Waals surface area (Å²) in [7, 11) is 3.21. The van der Waals surface area contributed by atoms with Crippen LogP contribution in [0.25, 0.3) is 22.4 Å². The lowest BCUT2D eigenvalue weighted by molar-refractivity contribution is 0.404. The first-order chi connectivity index (χ1) is 12.8. The van der Waals surface area contributed by atoms with Crippen LogP contribution in [0, 0.1) is 0 Å². The zero-order chi connectivity index (χ0) is 17.9. The maximum absolute atomic E-state index is 5.53. The van der Waals surface area contributed by atoms with Gasteiger partial charge in [-0.05, 0) is 12.1 Å². The van der Waals surface area contributed by atoms with E-state index >= 15 is 0 Å². The number of aromatic nitrogens is 3. The molecule has 0 spiro atoms. The highest BCUT2D eigenvalue weighted by Gasteiger charge is 2.17. The normalized spacial score (nSPS) is 10.7. The molecule has 26 heavy (non-hydrogen) atoms. The van der Waals surface area contributed by atoms with E-state index < -0.39 is 0 Å². The van der Waals surface area contributed by atoms with Crippen molar-refractivity contribution < 1.29 is 14.0 Å². The van der Waals surface area contributed by atoms with Gasteiger partial charge in [0.15, 0.2) is 5.82 Å². The van der Waals surface area contributed by atoms with Gasteiger partial charge in [-0.25, -0.2) is 9.97 Å². The van der Waals surface area contributed by atoms with Gasteiger partial charge in [-0.15, -0.1) is 0 Å². The number of hydrogen-bond donors (Lipinski definition) is 1. The Labute approximate surface area is 149 Å². The molecule has 4 aromatic rings. The van der Waals surface area contributed by atoms with E-state index in [0.717, 1.165) is 5.56 Å². The summed E-state index contributed by atoms with van der Waals surface area (Å²) in [6, 6.07) is 15.2. The Hall–Kier alpha value is -3.61. The number of rotatable bonds is 5. The van der Waals surface area contributed by atoms with Crippen LogP contribution < -0.4 is 14.8 Å². The molecule has 0 amide bonds. The van der Waals surface area contributed by atoms with E-state index in [2.05, 4.69) is 20.4 Å². The van der Waals surface area contributed by atoms with Crippen LogP contribution in [0.5, 0.6) is 11.5 Å². The molecule has 0 radical (unpaired) electrons. The first-order valence-corrected chi connectivity index (χ1v) is 7.95. The number of ether oxygens (including phenoxy) is 2. The minimum absolute atomic E-state index is 0.469. The molecule has 7 nitrogen and oxygen atoms in total. The summed E-state index contributed by atoms with van der Waals surface area (Å²) in [4.78, 5) is 8.62. The van der Waals surface area contributed by atoms with Gasteiger partial charge in [-0.2, -0.15) is 0 Å². The van der Waals surface area contributed by atoms with Crippen LogP contribution in [0.15, 0.2) is 59.4 Å². The highest BCUT2D eigenvalue weighted by molar-refractivity contribution is 5.94. The van der Waals surface area contributed by atoms with Gasteiger partial charge in [-0.3, -0.25) is 0 Å². The van der Waals surface area contributed by atoms with Crippen LogP contribution in [0.2, 0.25) is 0 Å². The summed E-state index contributed by atoms with van der Waals surface area (Å²) in [5, 5.41) is 7.39. The first-order valence-electron chi connectivity index (χ1n) is 7.95. The smallest absolute Gasteiger partial charge is 0.228 e. The van der Waals surface area contributed by atoms with Crippen LogP contribution in [0.3, 0.4) is 0 Å². The topological polar surface area (TPSA) is 82.3 Å². The van der Waals surface area contributed by atoms with Crippen molar-refractivity contribution in [2.24, 2.45) is 0 Å². The fourth-order valence-electron chi connectivity index (χ4n) is 2.68. The number of benzene rings is 2. The lowest BCUT2D eigenvalue weighted by atomic mass is 10.1. The lowest BCUT2D eigenvalue weighted by Gasteiger charge is -2.11. The van der Waals surface area contributed by atoms with Crippen molar-refractivity contribution in [2.75, 3.05) is 19.5 Å². The van der Waals surface area contributed by atoms with Crippen LogP contribution in [-0.4, -0.2) is 29.3 Å². The Kier molecular flexibility index (Phi) is 4.10. The maximum Gasteiger partial charge on any atom is 0.228 e. The predicted octanol–water partition coefficient (Wildman–Crippen LogP) is 4.05. The van der Waals surface area contributed by atoms with Gasteiger partial charge < -0.3 is 19.3 Å². The highest BCUT2D eigenvalue weighted by atomic mass is 16.5. The van der Waals surface area contributed by atoms with Crippen molar-refractivity contribution >= 4 is 22.6 Å². The third-order valence-electron chi connectivity index (χ3n) is 3.96. The minimum atomic E-state index is 0.469. The molecule has 4 rings (SSSR count). The van der Waals surface area contributed by atoms with Gasteiger partial charge in [0, 0.05) is 11.6 Å². The molecule has 0 saturated heterocycles. The second kappa shape index (κ2) is 6.72. The van der Waals surface area contributed by atoms with Crippen molar-refractivity contribution in [1.82, 2.24) is 15.1 Å². The SMILES string of the molecule is COc1ccc(OC)c(Nc2ncnc3c(-c4ccccc4)noc23)c1. The molecule has 0 aliphatic heterocycles. The Balaban J connectivity index is 1.78. The molecule has 7 heteroatoms. The minimum Gasteiger partial charge on any atom is -0.497 e. The second-order valence-corrected chi connectivity index (χ2v) is 5.49. The third-order valence-corrected chi connectivity index (χ3v) is 3.96. The summed E-state index contributed by atoms with van der Waals surface area (Å²) < 4.78 is 16.2. The molecule has 0 aliphatic carbocycles. The van der Waals surface area contributed by atoms with E-state index in [0.29, 0.717) is 39.8 Å². The van der Waals surface area contributed by atoms with Gasteiger partial charge in [0.2, 0.25) is 5.58 Å². The molecule has 1 N–H and O–H groups in total. The fraction of sp³-hybridized carbons (Fsp3) is 0.105.